The Balaban J connectivity index is 1.44. The lowest BCUT2D eigenvalue weighted by Crippen LogP contribution is -2.21. The quantitative estimate of drug-likeness (QED) is 0.211. The van der Waals surface area contributed by atoms with Crippen LogP contribution in [0.2, 0.25) is 10.0 Å². The van der Waals surface area contributed by atoms with Gasteiger partial charge in [-0.25, -0.2) is 4.79 Å². The molecule has 4 rings (SSSR count). The molecule has 0 radical (unpaired) electrons. The molecule has 5 nitrogen and oxygen atoms in total. The van der Waals surface area contributed by atoms with Crippen LogP contribution >= 0.6 is 34.5 Å². The van der Waals surface area contributed by atoms with Crippen LogP contribution in [0, 0.1) is 6.92 Å². The standard InChI is InChI=1S/C27H23Cl2NO4S/c1-16-6-8-18(9-7-16)26(33)25-20-4-2-3-5-22(20)35-27(25)30-23(31)15-34-24(32)13-11-17-10-12-19(28)14-21(17)29/h6-14H,2-5,15H2,1H3,(H,30,31)/b13-11+. The van der Waals surface area contributed by atoms with Crippen LogP contribution in [0.25, 0.3) is 6.08 Å². The van der Waals surface area contributed by atoms with E-state index in [1.807, 2.05) is 19.1 Å². The second-order valence-electron chi connectivity index (χ2n) is 8.27. The van der Waals surface area contributed by atoms with E-state index in [1.54, 1.807) is 30.3 Å². The molecule has 0 saturated carbocycles. The molecule has 0 unspecified atom stereocenters. The maximum Gasteiger partial charge on any atom is 0.331 e. The number of hydrogen-bond acceptors (Lipinski definition) is 5. The number of anilines is 1. The summed E-state index contributed by atoms with van der Waals surface area (Å²) in [6, 6.07) is 12.3. The van der Waals surface area contributed by atoms with Gasteiger partial charge in [0, 0.05) is 26.6 Å². The monoisotopic (exact) mass is 527 g/mol. The molecule has 0 spiro atoms. The van der Waals surface area contributed by atoms with Crippen molar-refractivity contribution in [2.75, 3.05) is 11.9 Å². The first-order valence-electron chi connectivity index (χ1n) is 11.2. The number of thiophene rings is 1. The lowest BCUT2D eigenvalue weighted by atomic mass is 9.91. The van der Waals surface area contributed by atoms with Crippen molar-refractivity contribution in [3.05, 3.63) is 91.3 Å². The summed E-state index contributed by atoms with van der Waals surface area (Å²) in [4.78, 5) is 39.2. The van der Waals surface area contributed by atoms with Crippen molar-refractivity contribution in [1.82, 2.24) is 0 Å². The molecule has 1 heterocycles. The molecule has 180 valence electrons. The van der Waals surface area contributed by atoms with Crippen LogP contribution in [0.15, 0.2) is 48.5 Å². The lowest BCUT2D eigenvalue weighted by molar-refractivity contribution is -0.142. The average molecular weight is 528 g/mol. The van der Waals surface area contributed by atoms with Crippen LogP contribution in [0.3, 0.4) is 0 Å². The number of nitrogens with one attached hydrogen (secondary N) is 1. The van der Waals surface area contributed by atoms with Gasteiger partial charge in [-0.2, -0.15) is 0 Å². The first-order valence-corrected chi connectivity index (χ1v) is 12.7. The minimum atomic E-state index is -0.687. The summed E-state index contributed by atoms with van der Waals surface area (Å²) < 4.78 is 5.07. The van der Waals surface area contributed by atoms with Gasteiger partial charge in [-0.3, -0.25) is 9.59 Å². The molecule has 1 aromatic heterocycles. The number of ketones is 1. The molecule has 1 aliphatic rings. The van der Waals surface area contributed by atoms with E-state index in [0.29, 0.717) is 31.7 Å². The van der Waals surface area contributed by atoms with E-state index in [4.69, 9.17) is 27.9 Å². The fraction of sp³-hybridized carbons (Fsp3) is 0.222. The summed E-state index contributed by atoms with van der Waals surface area (Å²) >= 11 is 13.4. The minimum absolute atomic E-state index is 0.112. The lowest BCUT2D eigenvalue weighted by Gasteiger charge is -2.13. The van der Waals surface area contributed by atoms with Crippen LogP contribution in [0.5, 0.6) is 0 Å². The van der Waals surface area contributed by atoms with E-state index in [1.165, 1.54) is 23.5 Å². The van der Waals surface area contributed by atoms with E-state index >= 15 is 0 Å². The van der Waals surface area contributed by atoms with Crippen LogP contribution < -0.4 is 5.32 Å². The van der Waals surface area contributed by atoms with Crippen molar-refractivity contribution >= 4 is 63.3 Å². The molecule has 0 fully saturated rings. The summed E-state index contributed by atoms with van der Waals surface area (Å²) in [6.07, 6.45) is 6.44. The predicted molar refractivity (Wildman–Crippen MR) is 141 cm³/mol. The van der Waals surface area contributed by atoms with Gasteiger partial charge in [0.2, 0.25) is 0 Å². The van der Waals surface area contributed by atoms with E-state index in [2.05, 4.69) is 5.32 Å². The highest BCUT2D eigenvalue weighted by atomic mass is 35.5. The second kappa shape index (κ2) is 11.2. The van der Waals surface area contributed by atoms with E-state index < -0.39 is 18.5 Å². The van der Waals surface area contributed by atoms with Gasteiger partial charge in [-0.1, -0.05) is 59.1 Å². The largest absolute Gasteiger partial charge is 0.452 e. The number of halogens is 2. The van der Waals surface area contributed by atoms with Crippen LogP contribution in [-0.2, 0) is 27.2 Å². The number of rotatable bonds is 7. The number of fused-ring (bicyclic) bond motifs is 1. The minimum Gasteiger partial charge on any atom is -0.452 e. The Kier molecular flexibility index (Phi) is 8.06. The maximum atomic E-state index is 13.4. The first kappa shape index (κ1) is 25.2. The molecule has 2 aromatic carbocycles. The zero-order chi connectivity index (χ0) is 24.9. The number of ether oxygens (including phenoxy) is 1. The summed E-state index contributed by atoms with van der Waals surface area (Å²) in [7, 11) is 0. The maximum absolute atomic E-state index is 13.4. The van der Waals surface area contributed by atoms with Gasteiger partial charge in [0.05, 0.1) is 5.56 Å². The molecule has 0 saturated heterocycles. The van der Waals surface area contributed by atoms with Gasteiger partial charge in [0.25, 0.3) is 5.91 Å². The fourth-order valence-corrected chi connectivity index (χ4v) is 5.66. The van der Waals surface area contributed by atoms with Gasteiger partial charge in [0.15, 0.2) is 12.4 Å². The molecule has 35 heavy (non-hydrogen) atoms. The summed E-state index contributed by atoms with van der Waals surface area (Å²) in [5.74, 6) is -1.31. The summed E-state index contributed by atoms with van der Waals surface area (Å²) in [5, 5.41) is 4.19. The number of esters is 1. The Morgan fingerprint density at radius 2 is 1.80 bits per heavy atom. The SMILES string of the molecule is Cc1ccc(C(=O)c2c(NC(=O)COC(=O)/C=C/c3ccc(Cl)cc3Cl)sc3c2CCCC3)cc1. The summed E-state index contributed by atoms with van der Waals surface area (Å²) in [5.41, 5.74) is 3.81. The van der Waals surface area contributed by atoms with Crippen molar-refractivity contribution in [2.24, 2.45) is 0 Å². The average Bonchev–Trinajstić information content (AvgIpc) is 3.20. The van der Waals surface area contributed by atoms with Crippen molar-refractivity contribution in [3.63, 3.8) is 0 Å². The molecule has 8 heteroatoms. The van der Waals surface area contributed by atoms with Gasteiger partial charge >= 0.3 is 5.97 Å². The molecule has 0 aliphatic heterocycles. The topological polar surface area (TPSA) is 72.5 Å². The number of hydrogen-bond donors (Lipinski definition) is 1. The molecule has 1 aliphatic carbocycles. The van der Waals surface area contributed by atoms with Crippen molar-refractivity contribution in [2.45, 2.75) is 32.6 Å². The van der Waals surface area contributed by atoms with Crippen LogP contribution in [0.1, 0.15) is 50.3 Å². The molecule has 1 N–H and O–H groups in total. The van der Waals surface area contributed by atoms with Gasteiger partial charge in [-0.05, 0) is 61.9 Å². The van der Waals surface area contributed by atoms with Crippen molar-refractivity contribution in [1.29, 1.82) is 0 Å². The smallest absolute Gasteiger partial charge is 0.331 e. The molecule has 0 bridgehead atoms. The number of amides is 1. The van der Waals surface area contributed by atoms with Crippen molar-refractivity contribution < 1.29 is 19.1 Å². The normalized spacial score (nSPS) is 12.9. The third kappa shape index (κ3) is 6.20. The molecular formula is C27H23Cl2NO4S. The van der Waals surface area contributed by atoms with Gasteiger partial charge in [-0.15, -0.1) is 11.3 Å². The molecule has 1 amide bonds. The van der Waals surface area contributed by atoms with E-state index in [-0.39, 0.29) is 5.78 Å². The molecule has 0 atom stereocenters. The zero-order valence-electron chi connectivity index (χ0n) is 19.0. The van der Waals surface area contributed by atoms with E-state index in [0.717, 1.165) is 41.7 Å². The highest BCUT2D eigenvalue weighted by Crippen LogP contribution is 2.39. The van der Waals surface area contributed by atoms with Crippen LogP contribution in [-0.4, -0.2) is 24.3 Å². The number of benzene rings is 2. The zero-order valence-corrected chi connectivity index (χ0v) is 21.4. The molecular weight excluding hydrogens is 505 g/mol. The Morgan fingerprint density at radius 3 is 2.54 bits per heavy atom. The number of carbonyl (C=O) groups excluding carboxylic acids is 3. The highest BCUT2D eigenvalue weighted by molar-refractivity contribution is 7.17. The third-order valence-corrected chi connectivity index (χ3v) is 7.44. The first-order chi connectivity index (χ1) is 16.8. The fourth-order valence-electron chi connectivity index (χ4n) is 3.89. The number of carbonyl (C=O) groups is 3. The van der Waals surface area contributed by atoms with Gasteiger partial charge in [0.1, 0.15) is 5.00 Å². The van der Waals surface area contributed by atoms with Gasteiger partial charge < -0.3 is 10.1 Å². The Bertz CT molecular complexity index is 1310. The Morgan fingerprint density at radius 1 is 1.06 bits per heavy atom. The van der Waals surface area contributed by atoms with Crippen LogP contribution in [0.4, 0.5) is 5.00 Å². The summed E-state index contributed by atoms with van der Waals surface area (Å²) in [6.45, 7) is 1.49. The second-order valence-corrected chi connectivity index (χ2v) is 10.2. The Labute approximate surface area is 217 Å². The predicted octanol–water partition coefficient (Wildman–Crippen LogP) is 6.67. The van der Waals surface area contributed by atoms with E-state index in [9.17, 15) is 14.4 Å². The number of aryl methyl sites for hydroxylation is 2. The Hall–Kier alpha value is -2.93. The third-order valence-electron chi connectivity index (χ3n) is 5.67. The molecule has 3 aromatic rings. The highest BCUT2D eigenvalue weighted by Gasteiger charge is 2.27. The van der Waals surface area contributed by atoms with Crippen molar-refractivity contribution in [3.8, 4) is 0 Å².